The maximum Gasteiger partial charge on any atom is 0.271 e. The molecule has 0 spiro atoms. The van der Waals surface area contributed by atoms with Gasteiger partial charge in [0.1, 0.15) is 5.56 Å². The molecular weight excluding hydrogens is 386 g/mol. The lowest BCUT2D eigenvalue weighted by atomic mass is 10.0. The minimum absolute atomic E-state index is 0.0858. The molecule has 152 valence electrons. The summed E-state index contributed by atoms with van der Waals surface area (Å²) in [7, 11) is 2.16. The van der Waals surface area contributed by atoms with Gasteiger partial charge in [0.15, 0.2) is 4.96 Å². The van der Waals surface area contributed by atoms with Crippen LogP contribution < -0.4 is 10.9 Å². The van der Waals surface area contributed by atoms with Crippen LogP contribution in [0.1, 0.15) is 28.4 Å². The summed E-state index contributed by atoms with van der Waals surface area (Å²) in [6.07, 6.45) is 3.84. The lowest BCUT2D eigenvalue weighted by Gasteiger charge is -2.40. The molecule has 2 aromatic heterocycles. The first-order chi connectivity index (χ1) is 14.1. The first-order valence-electron chi connectivity index (χ1n) is 9.84. The highest BCUT2D eigenvalue weighted by Crippen LogP contribution is 2.24. The van der Waals surface area contributed by atoms with Crippen molar-refractivity contribution in [3.63, 3.8) is 0 Å². The van der Waals surface area contributed by atoms with E-state index in [0.29, 0.717) is 17.5 Å². The summed E-state index contributed by atoms with van der Waals surface area (Å²) < 4.78 is 1.41. The minimum Gasteiger partial charge on any atom is -0.352 e. The first-order valence-corrected chi connectivity index (χ1v) is 10.7. The zero-order chi connectivity index (χ0) is 20.2. The Balaban J connectivity index is 1.33. The van der Waals surface area contributed by atoms with E-state index >= 15 is 0 Å². The molecule has 29 heavy (non-hydrogen) atoms. The van der Waals surface area contributed by atoms with Crippen LogP contribution in [0.4, 0.5) is 0 Å². The number of benzene rings is 1. The van der Waals surface area contributed by atoms with Gasteiger partial charge < -0.3 is 10.2 Å². The summed E-state index contributed by atoms with van der Waals surface area (Å²) in [5.41, 5.74) is 1.09. The summed E-state index contributed by atoms with van der Waals surface area (Å²) in [4.78, 5) is 34.4. The van der Waals surface area contributed by atoms with Gasteiger partial charge in [-0.05, 0) is 19.0 Å². The molecule has 1 aromatic carbocycles. The molecule has 1 atom stereocenters. The average Bonchev–Trinajstić information content (AvgIpc) is 3.22. The molecule has 4 rings (SSSR count). The molecule has 3 aromatic rings. The molecule has 0 unspecified atom stereocenters. The molecule has 3 heterocycles. The fraction of sp³-hybridized carbons (Fsp3) is 0.381. The van der Waals surface area contributed by atoms with E-state index in [-0.39, 0.29) is 17.0 Å². The molecule has 1 N–H and O–H groups in total. The van der Waals surface area contributed by atoms with E-state index in [1.807, 2.05) is 6.07 Å². The SMILES string of the molecule is CN1CCN(CCCNC(=O)c2cnc3sccn3c2=O)[C@@H](c2ccccc2)C1. The van der Waals surface area contributed by atoms with Crippen LogP contribution in [0.2, 0.25) is 0 Å². The van der Waals surface area contributed by atoms with Gasteiger partial charge in [-0.1, -0.05) is 30.3 Å². The molecular formula is C21H25N5O2S. The maximum absolute atomic E-state index is 12.4. The molecule has 0 saturated carbocycles. The van der Waals surface area contributed by atoms with Crippen LogP contribution in [-0.4, -0.2) is 64.9 Å². The molecule has 1 fully saturated rings. The Kier molecular flexibility index (Phi) is 6.03. The molecule has 1 aliphatic heterocycles. The Hall–Kier alpha value is -2.55. The first kappa shape index (κ1) is 19.8. The van der Waals surface area contributed by atoms with E-state index in [4.69, 9.17) is 0 Å². The van der Waals surface area contributed by atoms with Gasteiger partial charge in [-0.3, -0.25) is 18.9 Å². The number of hydrogen-bond donors (Lipinski definition) is 1. The Morgan fingerprint density at radius 1 is 1.28 bits per heavy atom. The Morgan fingerprint density at radius 2 is 2.10 bits per heavy atom. The van der Waals surface area contributed by atoms with Crippen molar-refractivity contribution in [2.45, 2.75) is 12.5 Å². The fourth-order valence-electron chi connectivity index (χ4n) is 3.78. The van der Waals surface area contributed by atoms with Gasteiger partial charge in [-0.25, -0.2) is 4.98 Å². The predicted molar refractivity (Wildman–Crippen MR) is 115 cm³/mol. The minimum atomic E-state index is -0.360. The van der Waals surface area contributed by atoms with Gasteiger partial charge in [0.05, 0.1) is 0 Å². The number of aromatic nitrogens is 2. The van der Waals surface area contributed by atoms with Crippen molar-refractivity contribution in [1.82, 2.24) is 24.5 Å². The number of amides is 1. The van der Waals surface area contributed by atoms with Crippen molar-refractivity contribution in [2.24, 2.45) is 0 Å². The van der Waals surface area contributed by atoms with Gasteiger partial charge in [-0.2, -0.15) is 0 Å². The van der Waals surface area contributed by atoms with E-state index in [9.17, 15) is 9.59 Å². The van der Waals surface area contributed by atoms with E-state index in [1.165, 1.54) is 27.5 Å². The highest BCUT2D eigenvalue weighted by molar-refractivity contribution is 7.15. The lowest BCUT2D eigenvalue weighted by molar-refractivity contribution is 0.0865. The van der Waals surface area contributed by atoms with Gasteiger partial charge in [-0.15, -0.1) is 11.3 Å². The van der Waals surface area contributed by atoms with E-state index in [1.54, 1.807) is 11.6 Å². The fourth-order valence-corrected chi connectivity index (χ4v) is 4.45. The molecule has 0 bridgehead atoms. The number of thiazole rings is 1. The Bertz CT molecular complexity index is 1030. The number of hydrogen-bond acceptors (Lipinski definition) is 6. The van der Waals surface area contributed by atoms with Crippen molar-refractivity contribution < 1.29 is 4.79 Å². The van der Waals surface area contributed by atoms with Crippen LogP contribution in [0, 0.1) is 0 Å². The summed E-state index contributed by atoms with van der Waals surface area (Å²) in [5.74, 6) is -0.360. The number of likely N-dealkylation sites (N-methyl/N-ethyl adjacent to an activating group) is 1. The largest absolute Gasteiger partial charge is 0.352 e. The number of carbonyl (C=O) groups is 1. The van der Waals surface area contributed by atoms with Gasteiger partial charge in [0, 0.05) is 56.5 Å². The zero-order valence-corrected chi connectivity index (χ0v) is 17.3. The Labute approximate surface area is 173 Å². The molecule has 1 amide bonds. The third-order valence-electron chi connectivity index (χ3n) is 5.37. The van der Waals surface area contributed by atoms with Crippen LogP contribution in [0.5, 0.6) is 0 Å². The number of nitrogens with one attached hydrogen (secondary N) is 1. The summed E-state index contributed by atoms with van der Waals surface area (Å²) in [5, 5.41) is 4.66. The summed E-state index contributed by atoms with van der Waals surface area (Å²) in [6, 6.07) is 10.9. The second-order valence-electron chi connectivity index (χ2n) is 7.37. The van der Waals surface area contributed by atoms with Crippen LogP contribution in [0.15, 0.2) is 52.9 Å². The second kappa shape index (κ2) is 8.86. The molecule has 1 aliphatic rings. The van der Waals surface area contributed by atoms with Crippen LogP contribution >= 0.6 is 11.3 Å². The van der Waals surface area contributed by atoms with Crippen molar-refractivity contribution in [1.29, 1.82) is 0 Å². The normalized spacial score (nSPS) is 18.2. The van der Waals surface area contributed by atoms with E-state index in [0.717, 1.165) is 32.6 Å². The van der Waals surface area contributed by atoms with Crippen LogP contribution in [-0.2, 0) is 0 Å². The third-order valence-corrected chi connectivity index (χ3v) is 6.14. The summed E-state index contributed by atoms with van der Waals surface area (Å²) >= 11 is 1.37. The smallest absolute Gasteiger partial charge is 0.271 e. The van der Waals surface area contributed by atoms with Crippen molar-refractivity contribution in [2.75, 3.05) is 39.8 Å². The topological polar surface area (TPSA) is 69.9 Å². The number of carbonyl (C=O) groups excluding carboxylic acids is 1. The van der Waals surface area contributed by atoms with E-state index < -0.39 is 0 Å². The van der Waals surface area contributed by atoms with Crippen molar-refractivity contribution in [3.8, 4) is 0 Å². The monoisotopic (exact) mass is 411 g/mol. The standard InChI is InChI=1S/C21H25N5O2S/c1-24-10-11-25(18(15-24)16-6-3-2-4-7-16)9-5-8-22-19(27)17-14-23-21-26(20(17)28)12-13-29-21/h2-4,6-7,12-14,18H,5,8-11,15H2,1H3,(H,22,27)/t18-/m1/s1. The second-order valence-corrected chi connectivity index (χ2v) is 8.24. The molecule has 0 aliphatic carbocycles. The summed E-state index contributed by atoms with van der Waals surface area (Å²) in [6.45, 7) is 4.47. The number of piperazine rings is 1. The number of fused-ring (bicyclic) bond motifs is 1. The van der Waals surface area contributed by atoms with Gasteiger partial charge in [0.2, 0.25) is 0 Å². The van der Waals surface area contributed by atoms with Gasteiger partial charge >= 0.3 is 0 Å². The van der Waals surface area contributed by atoms with E-state index in [2.05, 4.69) is 51.4 Å². The quantitative estimate of drug-likeness (QED) is 0.627. The van der Waals surface area contributed by atoms with Gasteiger partial charge in [0.25, 0.3) is 11.5 Å². The third kappa shape index (κ3) is 4.39. The highest BCUT2D eigenvalue weighted by atomic mass is 32.1. The highest BCUT2D eigenvalue weighted by Gasteiger charge is 2.26. The zero-order valence-electron chi connectivity index (χ0n) is 16.5. The lowest BCUT2D eigenvalue weighted by Crippen LogP contribution is -2.47. The molecule has 8 heteroatoms. The average molecular weight is 412 g/mol. The Morgan fingerprint density at radius 3 is 2.93 bits per heavy atom. The maximum atomic E-state index is 12.4. The molecule has 7 nitrogen and oxygen atoms in total. The molecule has 0 radical (unpaired) electrons. The predicted octanol–water partition coefficient (Wildman–Crippen LogP) is 1.86. The van der Waals surface area contributed by atoms with Crippen LogP contribution in [0.3, 0.4) is 0 Å². The molecule has 1 saturated heterocycles. The number of rotatable bonds is 6. The van der Waals surface area contributed by atoms with Crippen molar-refractivity contribution in [3.05, 3.63) is 69.6 Å². The number of nitrogens with zero attached hydrogens (tertiary/aromatic N) is 4. The van der Waals surface area contributed by atoms with Crippen molar-refractivity contribution >= 4 is 22.2 Å². The van der Waals surface area contributed by atoms with Crippen LogP contribution in [0.25, 0.3) is 4.96 Å².